The van der Waals surface area contributed by atoms with Crippen molar-refractivity contribution < 1.29 is 24.2 Å². The van der Waals surface area contributed by atoms with Crippen molar-refractivity contribution in [3.05, 3.63) is 89.7 Å². The summed E-state index contributed by atoms with van der Waals surface area (Å²) in [6.07, 6.45) is 2.49. The van der Waals surface area contributed by atoms with Crippen molar-refractivity contribution in [1.29, 1.82) is 0 Å². The van der Waals surface area contributed by atoms with Crippen molar-refractivity contribution in [1.82, 2.24) is 15.6 Å². The summed E-state index contributed by atoms with van der Waals surface area (Å²) in [5, 5.41) is 14.3. The summed E-state index contributed by atoms with van der Waals surface area (Å²) in [7, 11) is 0. The third-order valence-corrected chi connectivity index (χ3v) is 5.77. The largest absolute Gasteiger partial charge is 0.481 e. The summed E-state index contributed by atoms with van der Waals surface area (Å²) in [5.41, 5.74) is 5.26. The minimum Gasteiger partial charge on any atom is -0.481 e. The monoisotopic (exact) mass is 459 g/mol. The lowest BCUT2D eigenvalue weighted by Crippen LogP contribution is -2.48. The van der Waals surface area contributed by atoms with Crippen LogP contribution in [0.1, 0.15) is 29.0 Å². The third kappa shape index (κ3) is 5.40. The van der Waals surface area contributed by atoms with E-state index < -0.39 is 30.4 Å². The smallest absolute Gasteiger partial charge is 0.407 e. The number of hydrogen-bond acceptors (Lipinski definition) is 5. The SMILES string of the molecule is O=C(O)CC(NC(=O)OCC1c2ccccc2-c2ccccc21)C(=O)NCCc1cccnc1. The van der Waals surface area contributed by atoms with E-state index in [2.05, 4.69) is 15.6 Å². The van der Waals surface area contributed by atoms with Gasteiger partial charge in [-0.1, -0.05) is 54.6 Å². The van der Waals surface area contributed by atoms with E-state index in [0.717, 1.165) is 27.8 Å². The van der Waals surface area contributed by atoms with Gasteiger partial charge in [0.2, 0.25) is 5.91 Å². The van der Waals surface area contributed by atoms with E-state index in [-0.39, 0.29) is 19.1 Å². The van der Waals surface area contributed by atoms with Gasteiger partial charge >= 0.3 is 12.1 Å². The van der Waals surface area contributed by atoms with E-state index in [9.17, 15) is 19.5 Å². The van der Waals surface area contributed by atoms with Crippen LogP contribution in [-0.2, 0) is 20.7 Å². The number of alkyl carbamates (subject to hydrolysis) is 1. The highest BCUT2D eigenvalue weighted by Crippen LogP contribution is 2.44. The molecule has 1 unspecified atom stereocenters. The molecule has 1 aliphatic carbocycles. The standard InChI is InChI=1S/C26H25N3O5/c30-24(31)14-23(25(32)28-13-11-17-6-5-12-27-15-17)29-26(33)34-16-22-20-9-3-1-7-18(20)19-8-2-4-10-21(19)22/h1-10,12,15,22-23H,11,13-14,16H2,(H,28,32)(H,29,33)(H,30,31). The normalized spacial score (nSPS) is 12.8. The minimum atomic E-state index is -1.25. The Labute approximate surface area is 197 Å². The van der Waals surface area contributed by atoms with E-state index in [1.807, 2.05) is 54.6 Å². The lowest BCUT2D eigenvalue weighted by Gasteiger charge is -2.18. The Morgan fingerprint density at radius 3 is 2.26 bits per heavy atom. The second-order valence-corrected chi connectivity index (χ2v) is 8.02. The maximum absolute atomic E-state index is 12.5. The summed E-state index contributed by atoms with van der Waals surface area (Å²) in [4.78, 5) is 40.3. The lowest BCUT2D eigenvalue weighted by atomic mass is 9.98. The van der Waals surface area contributed by atoms with Gasteiger partial charge in [-0.3, -0.25) is 14.6 Å². The molecule has 0 saturated carbocycles. The number of carbonyl (C=O) groups excluding carboxylic acids is 2. The van der Waals surface area contributed by atoms with Gasteiger partial charge in [-0.05, 0) is 40.3 Å². The van der Waals surface area contributed by atoms with E-state index in [1.54, 1.807) is 18.5 Å². The second-order valence-electron chi connectivity index (χ2n) is 8.02. The van der Waals surface area contributed by atoms with Crippen molar-refractivity contribution in [3.63, 3.8) is 0 Å². The molecule has 0 radical (unpaired) electrons. The second kappa shape index (κ2) is 10.6. The number of carboxylic acids is 1. The predicted octanol–water partition coefficient (Wildman–Crippen LogP) is 3.12. The average Bonchev–Trinajstić information content (AvgIpc) is 3.16. The van der Waals surface area contributed by atoms with Crippen LogP contribution in [0.4, 0.5) is 4.79 Å². The first-order valence-corrected chi connectivity index (χ1v) is 11.0. The average molecular weight is 460 g/mol. The van der Waals surface area contributed by atoms with Crippen LogP contribution in [0.25, 0.3) is 11.1 Å². The van der Waals surface area contributed by atoms with Gasteiger partial charge in [0.05, 0.1) is 6.42 Å². The summed E-state index contributed by atoms with van der Waals surface area (Å²) < 4.78 is 5.44. The van der Waals surface area contributed by atoms with Gasteiger partial charge in [0.15, 0.2) is 0 Å². The number of hydrogen-bond donors (Lipinski definition) is 3. The van der Waals surface area contributed by atoms with Gasteiger partial charge in [0.1, 0.15) is 12.6 Å². The summed E-state index contributed by atoms with van der Waals surface area (Å²) in [5.74, 6) is -1.92. The molecule has 4 rings (SSSR count). The number of fused-ring (bicyclic) bond motifs is 3. The van der Waals surface area contributed by atoms with Gasteiger partial charge in [-0.25, -0.2) is 4.79 Å². The number of amides is 2. The Kier molecular flexibility index (Phi) is 7.17. The molecule has 0 bridgehead atoms. The predicted molar refractivity (Wildman–Crippen MR) is 125 cm³/mol. The number of aromatic nitrogens is 1. The van der Waals surface area contributed by atoms with Crippen LogP contribution in [-0.4, -0.2) is 47.3 Å². The Hall–Kier alpha value is -4.20. The molecular weight excluding hydrogens is 434 g/mol. The molecule has 8 nitrogen and oxygen atoms in total. The summed E-state index contributed by atoms with van der Waals surface area (Å²) >= 11 is 0. The maximum Gasteiger partial charge on any atom is 0.407 e. The number of carbonyl (C=O) groups is 3. The molecule has 2 aromatic carbocycles. The van der Waals surface area contributed by atoms with E-state index in [1.165, 1.54) is 0 Å². The van der Waals surface area contributed by atoms with Gasteiger partial charge in [0, 0.05) is 24.9 Å². The molecule has 0 spiro atoms. The zero-order valence-electron chi connectivity index (χ0n) is 18.4. The first-order chi connectivity index (χ1) is 16.5. The number of ether oxygens (including phenoxy) is 1. The molecule has 0 fully saturated rings. The Balaban J connectivity index is 1.35. The lowest BCUT2D eigenvalue weighted by molar-refractivity contribution is -0.139. The molecule has 2 amide bonds. The molecule has 3 N–H and O–H groups in total. The molecule has 1 aromatic heterocycles. The highest BCUT2D eigenvalue weighted by molar-refractivity contribution is 5.89. The van der Waals surface area contributed by atoms with Crippen LogP contribution in [0.5, 0.6) is 0 Å². The minimum absolute atomic E-state index is 0.0717. The number of aliphatic carboxylic acids is 1. The highest BCUT2D eigenvalue weighted by Gasteiger charge is 2.30. The van der Waals surface area contributed by atoms with Crippen LogP contribution in [0.15, 0.2) is 73.1 Å². The molecule has 1 atom stereocenters. The molecule has 3 aromatic rings. The zero-order chi connectivity index (χ0) is 23.9. The summed E-state index contributed by atoms with van der Waals surface area (Å²) in [6, 6.07) is 18.3. The van der Waals surface area contributed by atoms with Gasteiger partial charge in [-0.15, -0.1) is 0 Å². The molecular formula is C26H25N3O5. The Morgan fingerprint density at radius 1 is 0.971 bits per heavy atom. The quantitative estimate of drug-likeness (QED) is 0.453. The van der Waals surface area contributed by atoms with Crippen LogP contribution >= 0.6 is 0 Å². The van der Waals surface area contributed by atoms with E-state index in [0.29, 0.717) is 6.42 Å². The van der Waals surface area contributed by atoms with Crippen LogP contribution in [0.3, 0.4) is 0 Å². The molecule has 0 saturated heterocycles. The highest BCUT2D eigenvalue weighted by atomic mass is 16.5. The van der Waals surface area contributed by atoms with Crippen LogP contribution < -0.4 is 10.6 Å². The fourth-order valence-corrected chi connectivity index (χ4v) is 4.17. The van der Waals surface area contributed by atoms with Crippen molar-refractivity contribution in [3.8, 4) is 11.1 Å². The number of carboxylic acid groups (broad SMARTS) is 1. The van der Waals surface area contributed by atoms with Gasteiger partial charge in [0.25, 0.3) is 0 Å². The number of pyridine rings is 1. The number of benzene rings is 2. The van der Waals surface area contributed by atoms with Crippen molar-refractivity contribution in [2.75, 3.05) is 13.2 Å². The third-order valence-electron chi connectivity index (χ3n) is 5.77. The van der Waals surface area contributed by atoms with Gasteiger partial charge < -0.3 is 20.5 Å². The first kappa shape index (κ1) is 23.0. The summed E-state index contributed by atoms with van der Waals surface area (Å²) in [6.45, 7) is 0.356. The number of rotatable bonds is 9. The van der Waals surface area contributed by atoms with E-state index in [4.69, 9.17) is 4.74 Å². The molecule has 1 aliphatic rings. The number of nitrogens with zero attached hydrogens (tertiary/aromatic N) is 1. The van der Waals surface area contributed by atoms with Crippen LogP contribution in [0.2, 0.25) is 0 Å². The fraction of sp³-hybridized carbons (Fsp3) is 0.231. The van der Waals surface area contributed by atoms with Crippen molar-refractivity contribution >= 4 is 18.0 Å². The van der Waals surface area contributed by atoms with E-state index >= 15 is 0 Å². The maximum atomic E-state index is 12.5. The Bertz CT molecular complexity index is 1140. The van der Waals surface area contributed by atoms with Crippen molar-refractivity contribution in [2.24, 2.45) is 0 Å². The van der Waals surface area contributed by atoms with Crippen molar-refractivity contribution in [2.45, 2.75) is 24.8 Å². The molecule has 0 aliphatic heterocycles. The molecule has 34 heavy (non-hydrogen) atoms. The Morgan fingerprint density at radius 2 is 1.65 bits per heavy atom. The molecule has 8 heteroatoms. The fourth-order valence-electron chi connectivity index (χ4n) is 4.17. The number of nitrogens with one attached hydrogen (secondary N) is 2. The topological polar surface area (TPSA) is 118 Å². The first-order valence-electron chi connectivity index (χ1n) is 11.0. The van der Waals surface area contributed by atoms with Gasteiger partial charge in [-0.2, -0.15) is 0 Å². The molecule has 1 heterocycles. The molecule has 174 valence electrons. The zero-order valence-corrected chi connectivity index (χ0v) is 18.4. The van der Waals surface area contributed by atoms with Crippen LogP contribution in [0, 0.1) is 0 Å².